The van der Waals surface area contributed by atoms with E-state index >= 15 is 0 Å². The number of thiophene rings is 1. The van der Waals surface area contributed by atoms with Gasteiger partial charge in [-0.15, -0.1) is 11.3 Å². The van der Waals surface area contributed by atoms with Crippen LogP contribution in [-0.4, -0.2) is 25.1 Å². The van der Waals surface area contributed by atoms with E-state index in [4.69, 9.17) is 30.2 Å². The first-order chi connectivity index (χ1) is 18.8. The maximum atomic E-state index is 12.9. The fourth-order valence-electron chi connectivity index (χ4n) is 4.47. The average Bonchev–Trinajstić information content (AvgIpc) is 3.27. The molecule has 39 heavy (non-hydrogen) atoms. The Morgan fingerprint density at radius 3 is 2.79 bits per heavy atom. The summed E-state index contributed by atoms with van der Waals surface area (Å²) in [5.74, 6) is 0.342. The van der Waals surface area contributed by atoms with E-state index in [-0.39, 0.29) is 35.4 Å². The molecule has 1 unspecified atom stereocenters. The lowest BCUT2D eigenvalue weighted by atomic mass is 9.88. The van der Waals surface area contributed by atoms with Crippen LogP contribution in [0.5, 0.6) is 17.2 Å². The smallest absolute Gasteiger partial charge is 0.341 e. The van der Waals surface area contributed by atoms with Gasteiger partial charge in [0, 0.05) is 10.9 Å². The number of para-hydroxylation sites is 1. The van der Waals surface area contributed by atoms with Crippen molar-refractivity contribution in [3.63, 3.8) is 0 Å². The lowest BCUT2D eigenvalue weighted by molar-refractivity contribution is -0.118. The molecule has 8 nitrogen and oxygen atoms in total. The van der Waals surface area contributed by atoms with Crippen molar-refractivity contribution in [2.75, 3.05) is 18.5 Å². The summed E-state index contributed by atoms with van der Waals surface area (Å²) in [6.45, 7) is 3.88. The van der Waals surface area contributed by atoms with E-state index in [1.807, 2.05) is 0 Å². The number of benzene rings is 2. The third-order valence-electron chi connectivity index (χ3n) is 6.39. The standard InChI is InChI=1S/C29H26ClNO7S/c1-3-35-29(34)26-19-10-8-16(2)12-24(19)39-28(26)31-25(32)15-36-17-9-11-18-22(13-17)37-14-23(27(18)33)38-21-7-5-4-6-20(21)30/h4-7,9,11,13-14,16H,3,8,10,12,15H2,1-2H3,(H,31,32). The molecule has 2 aromatic heterocycles. The number of hydrogen-bond donors (Lipinski definition) is 1. The fraction of sp³-hybridized carbons (Fsp3) is 0.276. The molecule has 1 atom stereocenters. The van der Waals surface area contributed by atoms with Gasteiger partial charge in [-0.2, -0.15) is 0 Å². The molecule has 1 N–H and O–H groups in total. The second-order valence-electron chi connectivity index (χ2n) is 9.23. The van der Waals surface area contributed by atoms with Crippen molar-refractivity contribution in [2.45, 2.75) is 33.1 Å². The van der Waals surface area contributed by atoms with Gasteiger partial charge < -0.3 is 23.9 Å². The predicted octanol–water partition coefficient (Wildman–Crippen LogP) is 6.62. The lowest BCUT2D eigenvalue weighted by Gasteiger charge is -2.18. The van der Waals surface area contributed by atoms with Gasteiger partial charge in [-0.3, -0.25) is 9.59 Å². The quantitative estimate of drug-likeness (QED) is 0.239. The molecule has 1 aliphatic carbocycles. The van der Waals surface area contributed by atoms with Crippen molar-refractivity contribution in [3.8, 4) is 17.2 Å². The molecular weight excluding hydrogens is 542 g/mol. The van der Waals surface area contributed by atoms with Crippen LogP contribution >= 0.6 is 22.9 Å². The number of hydrogen-bond acceptors (Lipinski definition) is 8. The Kier molecular flexibility index (Phi) is 7.90. The number of esters is 1. The van der Waals surface area contributed by atoms with Crippen LogP contribution in [0.15, 0.2) is 57.9 Å². The van der Waals surface area contributed by atoms with E-state index in [1.54, 1.807) is 43.3 Å². The Hall–Kier alpha value is -3.82. The highest BCUT2D eigenvalue weighted by atomic mass is 35.5. The van der Waals surface area contributed by atoms with Gasteiger partial charge in [0.05, 0.1) is 22.6 Å². The van der Waals surface area contributed by atoms with Crippen molar-refractivity contribution in [2.24, 2.45) is 5.92 Å². The molecule has 0 saturated heterocycles. The number of anilines is 1. The summed E-state index contributed by atoms with van der Waals surface area (Å²) in [5.41, 5.74) is 1.31. The molecule has 1 amide bonds. The number of carbonyl (C=O) groups excluding carboxylic acids is 2. The van der Waals surface area contributed by atoms with Gasteiger partial charge in [0.1, 0.15) is 28.3 Å². The van der Waals surface area contributed by atoms with Crippen LogP contribution < -0.4 is 20.2 Å². The van der Waals surface area contributed by atoms with Gasteiger partial charge >= 0.3 is 5.97 Å². The molecule has 4 aromatic rings. The predicted molar refractivity (Wildman–Crippen MR) is 150 cm³/mol. The van der Waals surface area contributed by atoms with Gasteiger partial charge in [0.15, 0.2) is 6.61 Å². The number of halogens is 1. The molecular formula is C29H26ClNO7S. The molecule has 10 heteroatoms. The van der Waals surface area contributed by atoms with E-state index in [2.05, 4.69) is 12.2 Å². The van der Waals surface area contributed by atoms with Gasteiger partial charge in [0.25, 0.3) is 5.91 Å². The minimum absolute atomic E-state index is 0.00547. The number of ether oxygens (including phenoxy) is 3. The summed E-state index contributed by atoms with van der Waals surface area (Å²) in [6, 6.07) is 11.4. The SMILES string of the molecule is CCOC(=O)c1c(NC(=O)COc2ccc3c(=O)c(Oc4ccccc4Cl)coc3c2)sc2c1CCC(C)C2. The first-order valence-corrected chi connectivity index (χ1v) is 13.8. The molecule has 2 aromatic carbocycles. The third kappa shape index (κ3) is 5.79. The summed E-state index contributed by atoms with van der Waals surface area (Å²) >= 11 is 7.54. The zero-order valence-electron chi connectivity index (χ0n) is 21.4. The zero-order valence-corrected chi connectivity index (χ0v) is 22.9. The van der Waals surface area contributed by atoms with E-state index in [0.717, 1.165) is 29.7 Å². The average molecular weight is 568 g/mol. The molecule has 0 saturated carbocycles. The highest BCUT2D eigenvalue weighted by Crippen LogP contribution is 2.40. The molecule has 0 spiro atoms. The van der Waals surface area contributed by atoms with E-state index in [0.29, 0.717) is 33.0 Å². The second kappa shape index (κ2) is 11.5. The Balaban J connectivity index is 1.29. The Labute approximate surface area is 233 Å². The van der Waals surface area contributed by atoms with Gasteiger partial charge in [-0.25, -0.2) is 4.79 Å². The molecule has 202 valence electrons. The maximum Gasteiger partial charge on any atom is 0.341 e. The van der Waals surface area contributed by atoms with E-state index in [9.17, 15) is 14.4 Å². The van der Waals surface area contributed by atoms with E-state index < -0.39 is 11.9 Å². The summed E-state index contributed by atoms with van der Waals surface area (Å²) in [5, 5.41) is 3.96. The van der Waals surface area contributed by atoms with Crippen LogP contribution in [0.25, 0.3) is 11.0 Å². The first-order valence-electron chi connectivity index (χ1n) is 12.6. The number of fused-ring (bicyclic) bond motifs is 2. The molecule has 5 rings (SSSR count). The molecule has 0 bridgehead atoms. The van der Waals surface area contributed by atoms with Gasteiger partial charge in [0.2, 0.25) is 11.2 Å². The summed E-state index contributed by atoms with van der Waals surface area (Å²) in [4.78, 5) is 39.5. The molecule has 0 aliphatic heterocycles. The highest BCUT2D eigenvalue weighted by Gasteiger charge is 2.29. The van der Waals surface area contributed by atoms with Crippen LogP contribution in [-0.2, 0) is 22.4 Å². The highest BCUT2D eigenvalue weighted by molar-refractivity contribution is 7.17. The minimum atomic E-state index is -0.428. The Morgan fingerprint density at radius 1 is 1.18 bits per heavy atom. The van der Waals surface area contributed by atoms with Crippen molar-refractivity contribution in [1.29, 1.82) is 0 Å². The van der Waals surface area contributed by atoms with Crippen molar-refractivity contribution < 1.29 is 28.2 Å². The molecule has 0 fully saturated rings. The zero-order chi connectivity index (χ0) is 27.5. The number of nitrogens with one attached hydrogen (secondary N) is 1. The number of rotatable bonds is 8. The minimum Gasteiger partial charge on any atom is -0.484 e. The molecule has 2 heterocycles. The molecule has 1 aliphatic rings. The topological polar surface area (TPSA) is 104 Å². The number of amides is 1. The van der Waals surface area contributed by atoms with Crippen LogP contribution in [0.1, 0.15) is 41.1 Å². The van der Waals surface area contributed by atoms with Crippen molar-refractivity contribution >= 4 is 50.8 Å². The van der Waals surface area contributed by atoms with Gasteiger partial charge in [-0.1, -0.05) is 30.7 Å². The number of carbonyl (C=O) groups is 2. The normalized spacial score (nSPS) is 14.5. The largest absolute Gasteiger partial charge is 0.484 e. The first kappa shape index (κ1) is 26.8. The van der Waals surface area contributed by atoms with Crippen LogP contribution in [0.2, 0.25) is 5.02 Å². The third-order valence-corrected chi connectivity index (χ3v) is 7.87. The maximum absolute atomic E-state index is 12.9. The van der Waals surface area contributed by atoms with E-state index in [1.165, 1.54) is 23.7 Å². The second-order valence-corrected chi connectivity index (χ2v) is 10.7. The molecule has 0 radical (unpaired) electrons. The van der Waals surface area contributed by atoms with Crippen molar-refractivity contribution in [3.05, 3.63) is 80.0 Å². The fourth-order valence-corrected chi connectivity index (χ4v) is 6.06. The lowest BCUT2D eigenvalue weighted by Crippen LogP contribution is -2.21. The van der Waals surface area contributed by atoms with Crippen LogP contribution in [0.3, 0.4) is 0 Å². The summed E-state index contributed by atoms with van der Waals surface area (Å²) < 4.78 is 22.2. The van der Waals surface area contributed by atoms with Gasteiger partial charge in [-0.05, 0) is 61.9 Å². The monoisotopic (exact) mass is 567 g/mol. The summed E-state index contributed by atoms with van der Waals surface area (Å²) in [7, 11) is 0. The van der Waals surface area contributed by atoms with Crippen molar-refractivity contribution in [1.82, 2.24) is 0 Å². The van der Waals surface area contributed by atoms with Crippen LogP contribution in [0, 0.1) is 5.92 Å². The summed E-state index contributed by atoms with van der Waals surface area (Å²) in [6.07, 6.45) is 3.84. The Morgan fingerprint density at radius 2 is 2.00 bits per heavy atom. The Bertz CT molecular complexity index is 1610. The van der Waals surface area contributed by atoms with Crippen LogP contribution in [0.4, 0.5) is 5.00 Å².